The number of ether oxygens (including phenoxy) is 1. The Kier molecular flexibility index (Phi) is 7.44. The number of hydrogen-bond acceptors (Lipinski definition) is 2. The second kappa shape index (κ2) is 9.60. The summed E-state index contributed by atoms with van der Waals surface area (Å²) >= 11 is 0. The monoisotopic (exact) mass is 392 g/mol. The lowest BCUT2D eigenvalue weighted by Gasteiger charge is -2.26. The molecule has 0 radical (unpaired) electrons. The van der Waals surface area contributed by atoms with Crippen LogP contribution in [0.3, 0.4) is 0 Å². The van der Waals surface area contributed by atoms with E-state index in [1.165, 1.54) is 17.2 Å². The summed E-state index contributed by atoms with van der Waals surface area (Å²) in [7, 11) is 0. The van der Waals surface area contributed by atoms with Crippen molar-refractivity contribution in [2.45, 2.75) is 53.4 Å². The fourth-order valence-corrected chi connectivity index (χ4v) is 3.30. The maximum absolute atomic E-state index is 10.9. The topological polar surface area (TPSA) is 46.5 Å². The van der Waals surface area contributed by atoms with Gasteiger partial charge in [0.15, 0.2) is 0 Å². The molecule has 0 aromatic heterocycles. The molecule has 0 aliphatic heterocycles. The number of hydrogen-bond donors (Lipinski definition) is 1. The largest absolute Gasteiger partial charge is 0.493 e. The molecule has 3 nitrogen and oxygen atoms in total. The van der Waals surface area contributed by atoms with Crippen LogP contribution in [-0.2, 0) is 16.6 Å². The van der Waals surface area contributed by atoms with E-state index in [4.69, 9.17) is 9.84 Å². The number of carbonyl (C=O) groups is 1. The van der Waals surface area contributed by atoms with Crippen LogP contribution < -0.4 is 4.74 Å². The van der Waals surface area contributed by atoms with Crippen molar-refractivity contribution in [2.24, 2.45) is 0 Å². The molecule has 0 saturated heterocycles. The van der Waals surface area contributed by atoms with Crippen LogP contribution in [0.5, 0.6) is 5.75 Å². The zero-order valence-electron chi connectivity index (χ0n) is 18.4. The van der Waals surface area contributed by atoms with E-state index in [-0.39, 0.29) is 5.41 Å². The van der Waals surface area contributed by atoms with E-state index < -0.39 is 5.97 Å². The third-order valence-corrected chi connectivity index (χ3v) is 4.78. The molecule has 3 heteroatoms. The molecule has 0 aliphatic carbocycles. The summed E-state index contributed by atoms with van der Waals surface area (Å²) in [6.07, 6.45) is 5.96. The van der Waals surface area contributed by atoms with Crippen LogP contribution in [0.1, 0.15) is 58.2 Å². The highest BCUT2D eigenvalue weighted by atomic mass is 16.5. The Bertz CT molecular complexity index is 927. The lowest BCUT2D eigenvalue weighted by Crippen LogP contribution is -2.15. The third kappa shape index (κ3) is 5.83. The Labute approximate surface area is 174 Å². The van der Waals surface area contributed by atoms with Gasteiger partial charge in [0.1, 0.15) is 5.75 Å². The highest BCUT2D eigenvalue weighted by Crippen LogP contribution is 2.42. The first kappa shape index (κ1) is 22.5. The number of aliphatic carboxylic acids is 1. The molecule has 0 saturated carbocycles. The molecule has 0 atom stereocenters. The zero-order chi connectivity index (χ0) is 21.6. The van der Waals surface area contributed by atoms with Crippen molar-refractivity contribution < 1.29 is 14.6 Å². The van der Waals surface area contributed by atoms with Gasteiger partial charge in [0.2, 0.25) is 0 Å². The summed E-state index contributed by atoms with van der Waals surface area (Å²) in [6.45, 7) is 13.2. The normalized spacial score (nSPS) is 12.4. The van der Waals surface area contributed by atoms with Gasteiger partial charge >= 0.3 is 5.97 Å². The third-order valence-electron chi connectivity index (χ3n) is 4.78. The quantitative estimate of drug-likeness (QED) is 0.423. The maximum atomic E-state index is 10.9. The van der Waals surface area contributed by atoms with Gasteiger partial charge in [0.05, 0.1) is 6.61 Å². The average Bonchev–Trinajstić information content (AvgIpc) is 2.65. The fourth-order valence-electron chi connectivity index (χ4n) is 3.30. The van der Waals surface area contributed by atoms with Crippen LogP contribution >= 0.6 is 0 Å². The molecule has 0 bridgehead atoms. The second-order valence-corrected chi connectivity index (χ2v) is 8.20. The number of carboxylic acid groups (broad SMARTS) is 1. The zero-order valence-corrected chi connectivity index (χ0v) is 18.4. The molecular formula is C26H32O3. The number of benzene rings is 2. The van der Waals surface area contributed by atoms with E-state index >= 15 is 0 Å². The summed E-state index contributed by atoms with van der Waals surface area (Å²) in [4.78, 5) is 10.9. The molecule has 154 valence electrons. The molecular weight excluding hydrogens is 360 g/mol. The van der Waals surface area contributed by atoms with Crippen LogP contribution in [0.2, 0.25) is 0 Å². The average molecular weight is 393 g/mol. The van der Waals surface area contributed by atoms with Crippen LogP contribution in [-0.4, -0.2) is 17.7 Å². The van der Waals surface area contributed by atoms with E-state index in [1.54, 1.807) is 6.92 Å². The molecule has 1 N–H and O–H groups in total. The molecule has 0 amide bonds. The maximum Gasteiger partial charge on any atom is 0.328 e. The van der Waals surface area contributed by atoms with Crippen molar-refractivity contribution in [1.29, 1.82) is 0 Å². The predicted octanol–water partition coefficient (Wildman–Crippen LogP) is 6.66. The van der Waals surface area contributed by atoms with Gasteiger partial charge in [0, 0.05) is 17.2 Å². The van der Waals surface area contributed by atoms with E-state index in [0.717, 1.165) is 28.9 Å². The first-order chi connectivity index (χ1) is 13.7. The van der Waals surface area contributed by atoms with Crippen LogP contribution in [0, 0.1) is 0 Å². The molecule has 0 unspecified atom stereocenters. The molecule has 2 aromatic carbocycles. The Morgan fingerprint density at radius 3 is 2.38 bits per heavy atom. The lowest BCUT2D eigenvalue weighted by molar-refractivity contribution is -0.131. The van der Waals surface area contributed by atoms with Gasteiger partial charge in [-0.05, 0) is 54.0 Å². The number of allylic oxidation sites excluding steroid dienone is 2. The summed E-state index contributed by atoms with van der Waals surface area (Å²) in [5.41, 5.74) is 6.31. The van der Waals surface area contributed by atoms with Crippen molar-refractivity contribution in [3.63, 3.8) is 0 Å². The second-order valence-electron chi connectivity index (χ2n) is 8.20. The van der Waals surface area contributed by atoms with Gasteiger partial charge in [-0.25, -0.2) is 4.79 Å². The lowest BCUT2D eigenvalue weighted by atomic mass is 9.82. The first-order valence-corrected chi connectivity index (χ1v) is 10.2. The van der Waals surface area contributed by atoms with Gasteiger partial charge in [-0.2, -0.15) is 0 Å². The minimum atomic E-state index is -0.940. The molecule has 0 heterocycles. The van der Waals surface area contributed by atoms with E-state index in [2.05, 4.69) is 45.9 Å². The van der Waals surface area contributed by atoms with Crippen molar-refractivity contribution in [3.8, 4) is 16.9 Å². The predicted molar refractivity (Wildman–Crippen MR) is 122 cm³/mol. The van der Waals surface area contributed by atoms with Crippen LogP contribution in [0.4, 0.5) is 0 Å². The van der Waals surface area contributed by atoms with Gasteiger partial charge in [0.25, 0.3) is 0 Å². The van der Waals surface area contributed by atoms with E-state index in [1.807, 2.05) is 37.3 Å². The number of carboxylic acids is 1. The SMILES string of the molecule is CCOc1c(-c2ccccc2C=CC(C)=CC(=O)O)cc(CC)cc1C(C)(C)C. The standard InChI is InChI=1S/C26H32O3/c1-7-19-16-22(25(29-8-2)23(17-19)26(4,5)6)21-12-10-9-11-20(21)14-13-18(3)15-24(27)28/h9-17H,7-8H2,1-6H3,(H,27,28). The smallest absolute Gasteiger partial charge is 0.328 e. The molecule has 2 rings (SSSR count). The summed E-state index contributed by atoms with van der Waals surface area (Å²) < 4.78 is 6.17. The Hall–Kier alpha value is -2.81. The van der Waals surface area contributed by atoms with Crippen LogP contribution in [0.15, 0.2) is 54.1 Å². The van der Waals surface area contributed by atoms with Gasteiger partial charge in [-0.1, -0.05) is 70.2 Å². The van der Waals surface area contributed by atoms with Crippen molar-refractivity contribution in [2.75, 3.05) is 6.61 Å². The summed E-state index contributed by atoms with van der Waals surface area (Å²) in [5, 5.41) is 8.95. The minimum Gasteiger partial charge on any atom is -0.493 e. The van der Waals surface area contributed by atoms with E-state index in [0.29, 0.717) is 12.2 Å². The Balaban J connectivity index is 2.71. The summed E-state index contributed by atoms with van der Waals surface area (Å²) in [6, 6.07) is 12.6. The molecule has 0 spiro atoms. The number of aryl methyl sites for hydroxylation is 1. The van der Waals surface area contributed by atoms with Crippen molar-refractivity contribution in [3.05, 3.63) is 70.8 Å². The molecule has 29 heavy (non-hydrogen) atoms. The van der Waals surface area contributed by atoms with Gasteiger partial charge in [-0.3, -0.25) is 0 Å². The molecule has 0 fully saturated rings. The highest BCUT2D eigenvalue weighted by molar-refractivity contribution is 5.83. The first-order valence-electron chi connectivity index (χ1n) is 10.2. The van der Waals surface area contributed by atoms with Gasteiger partial charge < -0.3 is 9.84 Å². The minimum absolute atomic E-state index is 0.0456. The molecule has 0 aliphatic rings. The van der Waals surface area contributed by atoms with E-state index in [9.17, 15) is 4.79 Å². The van der Waals surface area contributed by atoms with Crippen molar-refractivity contribution in [1.82, 2.24) is 0 Å². The fraction of sp³-hybridized carbons (Fsp3) is 0.346. The number of rotatable bonds is 7. The summed E-state index contributed by atoms with van der Waals surface area (Å²) in [5.74, 6) is -0.0135. The van der Waals surface area contributed by atoms with Crippen LogP contribution in [0.25, 0.3) is 17.2 Å². The van der Waals surface area contributed by atoms with Crippen molar-refractivity contribution >= 4 is 12.0 Å². The molecule has 2 aromatic rings. The van der Waals surface area contributed by atoms with Gasteiger partial charge in [-0.15, -0.1) is 0 Å². The Morgan fingerprint density at radius 1 is 1.10 bits per heavy atom. The Morgan fingerprint density at radius 2 is 1.79 bits per heavy atom. The highest BCUT2D eigenvalue weighted by Gasteiger charge is 2.23.